The summed E-state index contributed by atoms with van der Waals surface area (Å²) in [5, 5.41) is 13.6. The molecule has 2 N–H and O–H groups in total. The summed E-state index contributed by atoms with van der Waals surface area (Å²) in [6.45, 7) is 4.69. The van der Waals surface area contributed by atoms with Gasteiger partial charge < -0.3 is 15.2 Å². The van der Waals surface area contributed by atoms with Crippen LogP contribution in [0.5, 0.6) is 5.75 Å². The Balaban J connectivity index is 1.95. The summed E-state index contributed by atoms with van der Waals surface area (Å²) >= 11 is 0. The molecule has 0 aliphatic carbocycles. The molecule has 3 nitrogen and oxygen atoms in total. The van der Waals surface area contributed by atoms with Gasteiger partial charge in [-0.3, -0.25) is 0 Å². The van der Waals surface area contributed by atoms with Crippen LogP contribution in [0.3, 0.4) is 0 Å². The van der Waals surface area contributed by atoms with Crippen LogP contribution in [0.4, 0.5) is 0 Å². The third-order valence-corrected chi connectivity index (χ3v) is 3.64. The normalized spacial score (nSPS) is 13.7. The van der Waals surface area contributed by atoms with E-state index in [0.717, 1.165) is 11.3 Å². The number of hydrogen-bond donors (Lipinski definition) is 2. The molecule has 0 radical (unpaired) electrons. The van der Waals surface area contributed by atoms with E-state index in [1.807, 2.05) is 24.3 Å². The van der Waals surface area contributed by atoms with Crippen molar-refractivity contribution in [1.82, 2.24) is 5.32 Å². The van der Waals surface area contributed by atoms with Crippen molar-refractivity contribution >= 4 is 0 Å². The minimum absolute atomic E-state index is 0.199. The molecule has 0 amide bonds. The van der Waals surface area contributed by atoms with Gasteiger partial charge >= 0.3 is 0 Å². The van der Waals surface area contributed by atoms with Crippen molar-refractivity contribution in [3.05, 3.63) is 65.2 Å². The monoisotopic (exact) mass is 285 g/mol. The third-order valence-electron chi connectivity index (χ3n) is 3.64. The Kier molecular flexibility index (Phi) is 5.37. The van der Waals surface area contributed by atoms with Crippen molar-refractivity contribution in [2.45, 2.75) is 26.0 Å². The first-order valence-corrected chi connectivity index (χ1v) is 7.22. The highest BCUT2D eigenvalue weighted by atomic mass is 16.5. The molecule has 1 unspecified atom stereocenters. The summed E-state index contributed by atoms with van der Waals surface area (Å²) in [4.78, 5) is 0. The molecule has 2 atom stereocenters. The Morgan fingerprint density at radius 1 is 1.10 bits per heavy atom. The second-order valence-electron chi connectivity index (χ2n) is 5.34. The molecule has 2 aromatic carbocycles. The molecule has 0 heterocycles. The van der Waals surface area contributed by atoms with E-state index in [4.69, 9.17) is 4.74 Å². The van der Waals surface area contributed by atoms with Crippen LogP contribution >= 0.6 is 0 Å². The maximum Gasteiger partial charge on any atom is 0.119 e. The maximum atomic E-state index is 10.3. The lowest BCUT2D eigenvalue weighted by molar-refractivity contribution is 0.170. The summed E-state index contributed by atoms with van der Waals surface area (Å²) in [7, 11) is 1.63. The molecule has 0 saturated carbocycles. The zero-order valence-electron chi connectivity index (χ0n) is 12.8. The Bertz CT molecular complexity index is 583. The lowest BCUT2D eigenvalue weighted by atomic mass is 10.0. The molecular weight excluding hydrogens is 262 g/mol. The van der Waals surface area contributed by atoms with Gasteiger partial charge in [0.25, 0.3) is 0 Å². The van der Waals surface area contributed by atoms with Crippen molar-refractivity contribution in [2.75, 3.05) is 13.7 Å². The molecule has 0 aliphatic heterocycles. The number of ether oxygens (including phenoxy) is 1. The van der Waals surface area contributed by atoms with Crippen molar-refractivity contribution in [1.29, 1.82) is 0 Å². The Hall–Kier alpha value is -1.84. The van der Waals surface area contributed by atoms with Crippen molar-refractivity contribution < 1.29 is 9.84 Å². The molecule has 0 fully saturated rings. The van der Waals surface area contributed by atoms with Gasteiger partial charge in [0, 0.05) is 12.6 Å². The summed E-state index contributed by atoms with van der Waals surface area (Å²) in [6, 6.07) is 16.1. The summed E-state index contributed by atoms with van der Waals surface area (Å²) in [5.74, 6) is 0.762. The van der Waals surface area contributed by atoms with E-state index < -0.39 is 6.10 Å². The lowest BCUT2D eigenvalue weighted by Crippen LogP contribution is -2.24. The minimum Gasteiger partial charge on any atom is -0.497 e. The van der Waals surface area contributed by atoms with Crippen LogP contribution in [-0.2, 0) is 0 Å². The molecule has 3 heteroatoms. The zero-order chi connectivity index (χ0) is 15.2. The van der Waals surface area contributed by atoms with Gasteiger partial charge in [-0.05, 0) is 37.1 Å². The molecule has 21 heavy (non-hydrogen) atoms. The average Bonchev–Trinajstić information content (AvgIpc) is 2.52. The standard InChI is InChI=1S/C18H23NO2/c1-13-6-4-7-15(10-13)14(2)19-12-18(20)16-8-5-9-17(11-16)21-3/h4-11,14,18-20H,12H2,1-3H3/t14-,18?/m0/s1. The second kappa shape index (κ2) is 7.25. The molecule has 2 aromatic rings. The molecule has 0 bridgehead atoms. The smallest absolute Gasteiger partial charge is 0.119 e. The number of aryl methyl sites for hydroxylation is 1. The molecule has 0 saturated heterocycles. The fraction of sp³-hybridized carbons (Fsp3) is 0.333. The number of rotatable bonds is 6. The van der Waals surface area contributed by atoms with Crippen LogP contribution in [0.2, 0.25) is 0 Å². The van der Waals surface area contributed by atoms with Crippen LogP contribution in [0.15, 0.2) is 48.5 Å². The zero-order valence-corrected chi connectivity index (χ0v) is 12.8. The fourth-order valence-electron chi connectivity index (χ4n) is 2.31. The predicted octanol–water partition coefficient (Wildman–Crippen LogP) is 3.39. The second-order valence-corrected chi connectivity index (χ2v) is 5.34. The number of methoxy groups -OCH3 is 1. The highest BCUT2D eigenvalue weighted by Gasteiger charge is 2.11. The molecule has 0 aliphatic rings. The van der Waals surface area contributed by atoms with E-state index in [2.05, 4.69) is 43.4 Å². The lowest BCUT2D eigenvalue weighted by Gasteiger charge is -2.18. The predicted molar refractivity (Wildman–Crippen MR) is 85.6 cm³/mol. The molecular formula is C18H23NO2. The quantitative estimate of drug-likeness (QED) is 0.855. The molecule has 0 spiro atoms. The first kappa shape index (κ1) is 15.5. The van der Waals surface area contributed by atoms with Gasteiger partial charge in [-0.1, -0.05) is 42.0 Å². The van der Waals surface area contributed by atoms with E-state index >= 15 is 0 Å². The highest BCUT2D eigenvalue weighted by Crippen LogP contribution is 2.20. The topological polar surface area (TPSA) is 41.5 Å². The van der Waals surface area contributed by atoms with Gasteiger partial charge in [0.05, 0.1) is 13.2 Å². The van der Waals surface area contributed by atoms with E-state index in [0.29, 0.717) is 6.54 Å². The first-order chi connectivity index (χ1) is 10.1. The van der Waals surface area contributed by atoms with Gasteiger partial charge in [0.15, 0.2) is 0 Å². The van der Waals surface area contributed by atoms with Crippen LogP contribution in [0.25, 0.3) is 0 Å². The van der Waals surface area contributed by atoms with Crippen molar-refractivity contribution in [3.63, 3.8) is 0 Å². The Morgan fingerprint density at radius 2 is 1.81 bits per heavy atom. The number of nitrogens with one attached hydrogen (secondary N) is 1. The first-order valence-electron chi connectivity index (χ1n) is 7.22. The number of hydrogen-bond acceptors (Lipinski definition) is 3. The van der Waals surface area contributed by atoms with Gasteiger partial charge in [0.2, 0.25) is 0 Å². The SMILES string of the molecule is COc1cccc(C(O)CN[C@@H](C)c2cccc(C)c2)c1. The summed E-state index contributed by atoms with van der Waals surface area (Å²) in [6.07, 6.45) is -0.549. The Labute approximate surface area is 126 Å². The maximum absolute atomic E-state index is 10.3. The Morgan fingerprint density at radius 3 is 2.52 bits per heavy atom. The minimum atomic E-state index is -0.549. The fourth-order valence-corrected chi connectivity index (χ4v) is 2.31. The number of benzene rings is 2. The van der Waals surface area contributed by atoms with Gasteiger partial charge in [-0.25, -0.2) is 0 Å². The van der Waals surface area contributed by atoms with E-state index in [-0.39, 0.29) is 6.04 Å². The number of aliphatic hydroxyl groups is 1. The highest BCUT2D eigenvalue weighted by molar-refractivity contribution is 5.30. The van der Waals surface area contributed by atoms with Crippen molar-refractivity contribution in [2.24, 2.45) is 0 Å². The van der Waals surface area contributed by atoms with Crippen LogP contribution in [0, 0.1) is 6.92 Å². The third kappa shape index (κ3) is 4.31. The largest absolute Gasteiger partial charge is 0.497 e. The van der Waals surface area contributed by atoms with Crippen LogP contribution < -0.4 is 10.1 Å². The average molecular weight is 285 g/mol. The van der Waals surface area contributed by atoms with Gasteiger partial charge in [0.1, 0.15) is 5.75 Å². The van der Waals surface area contributed by atoms with E-state index in [9.17, 15) is 5.11 Å². The molecule has 112 valence electrons. The summed E-state index contributed by atoms with van der Waals surface area (Å²) in [5.41, 5.74) is 3.33. The number of aliphatic hydroxyl groups excluding tert-OH is 1. The van der Waals surface area contributed by atoms with Crippen LogP contribution in [0.1, 0.15) is 35.8 Å². The van der Waals surface area contributed by atoms with Gasteiger partial charge in [-0.15, -0.1) is 0 Å². The van der Waals surface area contributed by atoms with E-state index in [1.165, 1.54) is 11.1 Å². The van der Waals surface area contributed by atoms with Crippen molar-refractivity contribution in [3.8, 4) is 5.75 Å². The van der Waals surface area contributed by atoms with E-state index in [1.54, 1.807) is 7.11 Å². The van der Waals surface area contributed by atoms with Crippen LogP contribution in [-0.4, -0.2) is 18.8 Å². The van der Waals surface area contributed by atoms with Gasteiger partial charge in [-0.2, -0.15) is 0 Å². The molecule has 0 aromatic heterocycles. The molecule has 2 rings (SSSR count). The summed E-state index contributed by atoms with van der Waals surface area (Å²) < 4.78 is 5.18.